The van der Waals surface area contributed by atoms with Crippen molar-refractivity contribution in [2.75, 3.05) is 14.2 Å². The van der Waals surface area contributed by atoms with Gasteiger partial charge in [0, 0.05) is 16.3 Å². The Morgan fingerprint density at radius 2 is 1.90 bits per heavy atom. The molecular weight excluding hydrogens is 270 g/mol. The third-order valence-corrected chi connectivity index (χ3v) is 4.25. The second-order valence-corrected chi connectivity index (χ2v) is 5.78. The number of ether oxygens (including phenoxy) is 2. The molecule has 20 heavy (non-hydrogen) atoms. The van der Waals surface area contributed by atoms with Crippen LogP contribution in [-0.4, -0.2) is 14.2 Å². The molecule has 0 bridgehead atoms. The fourth-order valence-corrected chi connectivity index (χ4v) is 2.86. The van der Waals surface area contributed by atoms with Crippen molar-refractivity contribution in [3.8, 4) is 11.5 Å². The van der Waals surface area contributed by atoms with Crippen molar-refractivity contribution < 1.29 is 9.47 Å². The lowest BCUT2D eigenvalue weighted by atomic mass is 10.2. The highest BCUT2D eigenvalue weighted by atomic mass is 32.1. The monoisotopic (exact) mass is 291 g/mol. The van der Waals surface area contributed by atoms with Crippen molar-refractivity contribution in [2.24, 2.45) is 0 Å². The molecule has 1 aromatic carbocycles. The van der Waals surface area contributed by atoms with E-state index in [4.69, 9.17) is 9.47 Å². The molecule has 0 unspecified atom stereocenters. The fraction of sp³-hybridized carbons (Fsp3) is 0.375. The van der Waals surface area contributed by atoms with E-state index in [-0.39, 0.29) is 0 Å². The van der Waals surface area contributed by atoms with Crippen LogP contribution in [0.5, 0.6) is 11.5 Å². The van der Waals surface area contributed by atoms with Gasteiger partial charge in [0.1, 0.15) is 6.61 Å². The standard InChI is InChI=1S/C16H21NO2S/c1-4-13-6-7-14(20-13)11-19-15-8-5-12(10-17-2)9-16(15)18-3/h5-9,17H,4,10-11H2,1-3H3. The zero-order valence-electron chi connectivity index (χ0n) is 12.2. The summed E-state index contributed by atoms with van der Waals surface area (Å²) in [7, 11) is 3.60. The summed E-state index contributed by atoms with van der Waals surface area (Å²) in [6.45, 7) is 3.58. The molecule has 0 saturated carbocycles. The number of rotatable bonds is 7. The highest BCUT2D eigenvalue weighted by Crippen LogP contribution is 2.29. The summed E-state index contributed by atoms with van der Waals surface area (Å²) in [5.74, 6) is 1.57. The van der Waals surface area contributed by atoms with Crippen LogP contribution in [0, 0.1) is 0 Å². The summed E-state index contributed by atoms with van der Waals surface area (Å²) >= 11 is 1.80. The van der Waals surface area contributed by atoms with Crippen LogP contribution in [0.15, 0.2) is 30.3 Å². The molecule has 3 nitrogen and oxygen atoms in total. The average Bonchev–Trinajstić information content (AvgIpc) is 2.94. The summed E-state index contributed by atoms with van der Waals surface area (Å²) in [5, 5.41) is 3.13. The van der Waals surface area contributed by atoms with Crippen molar-refractivity contribution >= 4 is 11.3 Å². The number of aryl methyl sites for hydroxylation is 1. The lowest BCUT2D eigenvalue weighted by Crippen LogP contribution is -2.05. The first-order valence-electron chi connectivity index (χ1n) is 6.78. The van der Waals surface area contributed by atoms with Crippen LogP contribution in [-0.2, 0) is 19.6 Å². The van der Waals surface area contributed by atoms with Crippen LogP contribution in [0.2, 0.25) is 0 Å². The fourth-order valence-electron chi connectivity index (χ4n) is 1.98. The highest BCUT2D eigenvalue weighted by Gasteiger charge is 2.07. The number of thiophene rings is 1. The molecular formula is C16H21NO2S. The van der Waals surface area contributed by atoms with E-state index in [1.807, 2.05) is 19.2 Å². The Morgan fingerprint density at radius 3 is 2.55 bits per heavy atom. The molecule has 1 N–H and O–H groups in total. The molecule has 108 valence electrons. The van der Waals surface area contributed by atoms with Crippen LogP contribution in [0.25, 0.3) is 0 Å². The van der Waals surface area contributed by atoms with Gasteiger partial charge < -0.3 is 14.8 Å². The third-order valence-electron chi connectivity index (χ3n) is 3.04. The predicted octanol–water partition coefficient (Wildman–Crippen LogP) is 3.62. The third kappa shape index (κ3) is 3.74. The van der Waals surface area contributed by atoms with Crippen molar-refractivity contribution in [1.29, 1.82) is 0 Å². The molecule has 0 fully saturated rings. The van der Waals surface area contributed by atoms with Crippen LogP contribution in [0.4, 0.5) is 0 Å². The molecule has 2 rings (SSSR count). The van der Waals surface area contributed by atoms with Gasteiger partial charge in [-0.3, -0.25) is 0 Å². The summed E-state index contributed by atoms with van der Waals surface area (Å²) in [4.78, 5) is 2.63. The molecule has 0 saturated heterocycles. The van der Waals surface area contributed by atoms with Gasteiger partial charge in [-0.1, -0.05) is 13.0 Å². The SMILES string of the molecule is CCc1ccc(COc2ccc(CNC)cc2OC)s1. The molecule has 0 aliphatic rings. The normalized spacial score (nSPS) is 10.6. The highest BCUT2D eigenvalue weighted by molar-refractivity contribution is 7.11. The molecule has 0 aliphatic heterocycles. The van der Waals surface area contributed by atoms with Gasteiger partial charge in [0.2, 0.25) is 0 Å². The Kier molecular flexibility index (Phi) is 5.44. The number of benzene rings is 1. The van der Waals surface area contributed by atoms with Gasteiger partial charge in [-0.2, -0.15) is 0 Å². The van der Waals surface area contributed by atoms with E-state index in [1.54, 1.807) is 18.4 Å². The van der Waals surface area contributed by atoms with Crippen molar-refractivity contribution in [3.05, 3.63) is 45.6 Å². The molecule has 1 aromatic heterocycles. The van der Waals surface area contributed by atoms with Crippen LogP contribution in [0.1, 0.15) is 22.2 Å². The minimum absolute atomic E-state index is 0.590. The number of nitrogens with one attached hydrogen (secondary N) is 1. The summed E-state index contributed by atoms with van der Waals surface area (Å²) < 4.78 is 11.3. The second kappa shape index (κ2) is 7.31. The Labute approximate surface area is 124 Å². The lowest BCUT2D eigenvalue weighted by Gasteiger charge is -2.11. The van der Waals surface area contributed by atoms with Gasteiger partial charge in [0.05, 0.1) is 7.11 Å². The first-order chi connectivity index (χ1) is 9.76. The van der Waals surface area contributed by atoms with E-state index in [0.29, 0.717) is 6.61 Å². The smallest absolute Gasteiger partial charge is 0.161 e. The van der Waals surface area contributed by atoms with E-state index in [1.165, 1.54) is 15.3 Å². The van der Waals surface area contributed by atoms with Crippen LogP contribution in [0.3, 0.4) is 0 Å². The lowest BCUT2D eigenvalue weighted by molar-refractivity contribution is 0.287. The Morgan fingerprint density at radius 1 is 1.10 bits per heavy atom. The molecule has 0 radical (unpaired) electrons. The van der Waals surface area contributed by atoms with E-state index < -0.39 is 0 Å². The van der Waals surface area contributed by atoms with Gasteiger partial charge in [0.15, 0.2) is 11.5 Å². The minimum atomic E-state index is 0.590. The van der Waals surface area contributed by atoms with Gasteiger partial charge in [-0.15, -0.1) is 11.3 Å². The van der Waals surface area contributed by atoms with Gasteiger partial charge in [-0.05, 0) is 43.3 Å². The maximum Gasteiger partial charge on any atom is 0.161 e. The summed E-state index contributed by atoms with van der Waals surface area (Å²) in [6, 6.07) is 10.3. The molecule has 0 aliphatic carbocycles. The van der Waals surface area contributed by atoms with Gasteiger partial charge in [-0.25, -0.2) is 0 Å². The molecule has 1 heterocycles. The topological polar surface area (TPSA) is 30.5 Å². The predicted molar refractivity (Wildman–Crippen MR) is 83.8 cm³/mol. The Bertz CT molecular complexity index is 551. The molecule has 4 heteroatoms. The van der Waals surface area contributed by atoms with E-state index in [0.717, 1.165) is 24.5 Å². The minimum Gasteiger partial charge on any atom is -0.493 e. The molecule has 2 aromatic rings. The maximum absolute atomic E-state index is 5.87. The Balaban J connectivity index is 2.04. The van der Waals surface area contributed by atoms with E-state index in [9.17, 15) is 0 Å². The Hall–Kier alpha value is -1.52. The van der Waals surface area contributed by atoms with Crippen molar-refractivity contribution in [1.82, 2.24) is 5.32 Å². The largest absolute Gasteiger partial charge is 0.493 e. The first-order valence-corrected chi connectivity index (χ1v) is 7.60. The van der Waals surface area contributed by atoms with Crippen LogP contribution < -0.4 is 14.8 Å². The molecule has 0 amide bonds. The van der Waals surface area contributed by atoms with E-state index in [2.05, 4.69) is 30.4 Å². The van der Waals surface area contributed by atoms with Gasteiger partial charge >= 0.3 is 0 Å². The maximum atomic E-state index is 5.87. The number of methoxy groups -OCH3 is 1. The van der Waals surface area contributed by atoms with Crippen molar-refractivity contribution in [3.63, 3.8) is 0 Å². The molecule has 0 spiro atoms. The van der Waals surface area contributed by atoms with Crippen LogP contribution >= 0.6 is 11.3 Å². The average molecular weight is 291 g/mol. The quantitative estimate of drug-likeness (QED) is 0.845. The molecule has 0 atom stereocenters. The first kappa shape index (κ1) is 14.9. The summed E-state index contributed by atoms with van der Waals surface area (Å²) in [6.07, 6.45) is 1.08. The number of hydrogen-bond acceptors (Lipinski definition) is 4. The van der Waals surface area contributed by atoms with Gasteiger partial charge in [0.25, 0.3) is 0 Å². The summed E-state index contributed by atoms with van der Waals surface area (Å²) in [5.41, 5.74) is 1.18. The van der Waals surface area contributed by atoms with Crippen molar-refractivity contribution in [2.45, 2.75) is 26.5 Å². The van der Waals surface area contributed by atoms with E-state index >= 15 is 0 Å². The second-order valence-electron chi connectivity index (χ2n) is 4.53. The zero-order chi connectivity index (χ0) is 14.4. The zero-order valence-corrected chi connectivity index (χ0v) is 13.0. The number of hydrogen-bond donors (Lipinski definition) is 1.